The third-order valence-electron chi connectivity index (χ3n) is 15.3. The molecule has 1 nitrogen and oxygen atoms in total. The number of rotatable bonds is 5. The molecule has 274 valence electrons. The van der Waals surface area contributed by atoms with Gasteiger partial charge < -0.3 is 4.90 Å². The summed E-state index contributed by atoms with van der Waals surface area (Å²) < 4.78 is 0. The maximum absolute atomic E-state index is 2.69. The molecular formula is C54H53N. The first kappa shape index (κ1) is 33.5. The van der Waals surface area contributed by atoms with Crippen LogP contribution in [0.5, 0.6) is 0 Å². The molecule has 12 rings (SSSR count). The Labute approximate surface area is 328 Å². The van der Waals surface area contributed by atoms with Crippen LogP contribution in [0.2, 0.25) is 0 Å². The van der Waals surface area contributed by atoms with Crippen molar-refractivity contribution in [2.45, 2.75) is 88.9 Å². The van der Waals surface area contributed by atoms with Gasteiger partial charge in [0.2, 0.25) is 0 Å². The van der Waals surface area contributed by atoms with Gasteiger partial charge in [-0.3, -0.25) is 0 Å². The van der Waals surface area contributed by atoms with Gasteiger partial charge in [-0.15, -0.1) is 0 Å². The van der Waals surface area contributed by atoms with Crippen molar-refractivity contribution in [3.8, 4) is 33.4 Å². The first-order valence-corrected chi connectivity index (χ1v) is 21.2. The lowest BCUT2D eigenvalue weighted by Gasteiger charge is -2.61. The number of nitrogens with zero attached hydrogens (tertiary/aromatic N) is 1. The van der Waals surface area contributed by atoms with E-state index in [1.54, 1.807) is 11.1 Å². The topological polar surface area (TPSA) is 3.24 Å². The van der Waals surface area contributed by atoms with Crippen molar-refractivity contribution in [1.29, 1.82) is 0 Å². The molecule has 1 heteroatoms. The molecule has 6 aliphatic carbocycles. The van der Waals surface area contributed by atoms with E-state index in [0.717, 1.165) is 11.8 Å². The summed E-state index contributed by atoms with van der Waals surface area (Å²) in [6.07, 6.45) is 9.33. The van der Waals surface area contributed by atoms with Crippen LogP contribution >= 0.6 is 0 Å². The first-order valence-electron chi connectivity index (χ1n) is 21.2. The third kappa shape index (κ3) is 4.84. The van der Waals surface area contributed by atoms with Gasteiger partial charge in [0, 0.05) is 16.7 Å². The van der Waals surface area contributed by atoms with Crippen molar-refractivity contribution in [3.63, 3.8) is 0 Å². The fourth-order valence-corrected chi connectivity index (χ4v) is 13.0. The standard InChI is InChI=1S/C54H53N/c1-52(2)28-29-53(3,4)51-46(52)20-13-21-48(51)55(42-24-22-38(23-25-42)37-14-7-5-8-15-37)47-27-26-43(39-16-9-6-10-17-39)50-49(47)44-18-11-12-19-45(44)54(50)40-31-35-30-36(33-40)34-41(54)32-35/h5-27,35-36,40-41H,28-34H2,1-4H3. The smallest absolute Gasteiger partial charge is 0.0543 e. The van der Waals surface area contributed by atoms with Crippen LogP contribution in [-0.4, -0.2) is 0 Å². The molecule has 6 aromatic carbocycles. The van der Waals surface area contributed by atoms with Gasteiger partial charge in [0.25, 0.3) is 0 Å². The molecule has 0 radical (unpaired) electrons. The minimum absolute atomic E-state index is 0.0391. The Morgan fingerprint density at radius 1 is 0.436 bits per heavy atom. The van der Waals surface area contributed by atoms with Gasteiger partial charge in [0.1, 0.15) is 0 Å². The van der Waals surface area contributed by atoms with Gasteiger partial charge in [-0.25, -0.2) is 0 Å². The lowest BCUT2D eigenvalue weighted by Crippen LogP contribution is -2.55. The monoisotopic (exact) mass is 715 g/mol. The Balaban J connectivity index is 1.23. The van der Waals surface area contributed by atoms with Crippen molar-refractivity contribution in [1.82, 2.24) is 0 Å². The second-order valence-electron chi connectivity index (χ2n) is 19.2. The van der Waals surface area contributed by atoms with E-state index in [-0.39, 0.29) is 16.2 Å². The summed E-state index contributed by atoms with van der Waals surface area (Å²) in [5, 5.41) is 0. The Kier molecular flexibility index (Phi) is 7.34. The zero-order chi connectivity index (χ0) is 37.1. The van der Waals surface area contributed by atoms with E-state index in [1.165, 1.54) is 107 Å². The SMILES string of the molecule is CC1(C)CCC(C)(C)c2c(N(c3ccc(-c4ccccc4)cc3)c3ccc(-c4ccccc4)c4c3-c3ccccc3C43C4CC5CC(C4)CC3C5)cccc21. The largest absolute Gasteiger partial charge is 0.310 e. The lowest BCUT2D eigenvalue weighted by atomic mass is 9.42. The van der Waals surface area contributed by atoms with E-state index in [0.29, 0.717) is 11.8 Å². The summed E-state index contributed by atoms with van der Waals surface area (Å²) in [7, 11) is 0. The second kappa shape index (κ2) is 12.1. The predicted octanol–water partition coefficient (Wildman–Crippen LogP) is 14.6. The van der Waals surface area contributed by atoms with Gasteiger partial charge in [-0.1, -0.05) is 143 Å². The molecule has 4 bridgehead atoms. The fourth-order valence-electron chi connectivity index (χ4n) is 13.0. The lowest BCUT2D eigenvalue weighted by molar-refractivity contribution is -0.0397. The van der Waals surface area contributed by atoms with Gasteiger partial charge in [0.15, 0.2) is 0 Å². The van der Waals surface area contributed by atoms with Crippen molar-refractivity contribution in [2.75, 3.05) is 4.90 Å². The van der Waals surface area contributed by atoms with Gasteiger partial charge >= 0.3 is 0 Å². The maximum atomic E-state index is 2.69. The molecule has 0 atom stereocenters. The van der Waals surface area contributed by atoms with Crippen LogP contribution in [0, 0.1) is 23.7 Å². The minimum Gasteiger partial charge on any atom is -0.310 e. The molecule has 0 aromatic heterocycles. The van der Waals surface area contributed by atoms with E-state index < -0.39 is 0 Å². The minimum atomic E-state index is 0.0391. The van der Waals surface area contributed by atoms with Crippen molar-refractivity contribution < 1.29 is 0 Å². The van der Waals surface area contributed by atoms with Crippen LogP contribution in [0.15, 0.2) is 140 Å². The Bertz CT molecular complexity index is 2400. The second-order valence-corrected chi connectivity index (χ2v) is 19.2. The molecule has 4 fully saturated rings. The predicted molar refractivity (Wildman–Crippen MR) is 231 cm³/mol. The van der Waals surface area contributed by atoms with Crippen LogP contribution in [0.1, 0.15) is 94.9 Å². The third-order valence-corrected chi connectivity index (χ3v) is 15.3. The van der Waals surface area contributed by atoms with Gasteiger partial charge in [-0.05, 0) is 154 Å². The molecule has 6 aromatic rings. The highest BCUT2D eigenvalue weighted by Crippen LogP contribution is 2.72. The summed E-state index contributed by atoms with van der Waals surface area (Å²) in [5.41, 5.74) is 18.6. The highest BCUT2D eigenvalue weighted by molar-refractivity contribution is 6.00. The number of fused-ring (bicyclic) bond motifs is 4. The molecule has 0 heterocycles. The summed E-state index contributed by atoms with van der Waals surface area (Å²) in [6, 6.07) is 53.6. The van der Waals surface area contributed by atoms with Gasteiger partial charge in [-0.2, -0.15) is 0 Å². The molecule has 0 saturated heterocycles. The van der Waals surface area contributed by atoms with E-state index in [2.05, 4.69) is 172 Å². The number of benzene rings is 6. The Hall–Kier alpha value is -4.88. The zero-order valence-electron chi connectivity index (χ0n) is 33.0. The normalized spacial score (nSPS) is 26.0. The average molecular weight is 716 g/mol. The molecule has 1 spiro atoms. The molecule has 0 unspecified atom stereocenters. The molecular weight excluding hydrogens is 663 g/mol. The highest BCUT2D eigenvalue weighted by atomic mass is 15.2. The molecule has 0 aliphatic heterocycles. The number of hydrogen-bond acceptors (Lipinski definition) is 1. The Morgan fingerprint density at radius 2 is 1.02 bits per heavy atom. The average Bonchev–Trinajstić information content (AvgIpc) is 3.51. The van der Waals surface area contributed by atoms with Gasteiger partial charge in [0.05, 0.1) is 11.4 Å². The number of hydrogen-bond donors (Lipinski definition) is 0. The summed E-state index contributed by atoms with van der Waals surface area (Å²) in [6.45, 7) is 9.90. The number of anilines is 3. The summed E-state index contributed by atoms with van der Waals surface area (Å²) in [4.78, 5) is 2.69. The summed E-state index contributed by atoms with van der Waals surface area (Å²) in [5.74, 6) is 3.17. The maximum Gasteiger partial charge on any atom is 0.0543 e. The van der Waals surface area contributed by atoms with E-state index in [1.807, 2.05) is 0 Å². The van der Waals surface area contributed by atoms with Crippen LogP contribution in [0.3, 0.4) is 0 Å². The van der Waals surface area contributed by atoms with E-state index >= 15 is 0 Å². The van der Waals surface area contributed by atoms with Crippen molar-refractivity contribution >= 4 is 17.1 Å². The zero-order valence-corrected chi connectivity index (χ0v) is 33.0. The van der Waals surface area contributed by atoms with Crippen LogP contribution in [-0.2, 0) is 16.2 Å². The molecule has 0 N–H and O–H groups in total. The summed E-state index contributed by atoms with van der Waals surface area (Å²) >= 11 is 0. The fraction of sp³-hybridized carbons (Fsp3) is 0.333. The van der Waals surface area contributed by atoms with Crippen molar-refractivity contribution in [2.24, 2.45) is 23.7 Å². The first-order chi connectivity index (χ1) is 26.7. The van der Waals surface area contributed by atoms with Crippen LogP contribution in [0.4, 0.5) is 17.1 Å². The molecule has 0 amide bonds. The molecule has 6 aliphatic rings. The highest BCUT2D eigenvalue weighted by Gasteiger charge is 2.62. The van der Waals surface area contributed by atoms with Crippen molar-refractivity contribution in [3.05, 3.63) is 162 Å². The van der Waals surface area contributed by atoms with Crippen LogP contribution in [0.25, 0.3) is 33.4 Å². The van der Waals surface area contributed by atoms with E-state index in [4.69, 9.17) is 0 Å². The molecule has 55 heavy (non-hydrogen) atoms. The Morgan fingerprint density at radius 3 is 1.71 bits per heavy atom. The van der Waals surface area contributed by atoms with E-state index in [9.17, 15) is 0 Å². The van der Waals surface area contributed by atoms with Crippen LogP contribution < -0.4 is 4.90 Å². The molecule has 4 saturated carbocycles. The quantitative estimate of drug-likeness (QED) is 0.172.